The Morgan fingerprint density at radius 3 is 2.04 bits per heavy atom. The Hall–Kier alpha value is -1.57. The number of alkyl halides is 3. The van der Waals surface area contributed by atoms with E-state index in [4.69, 9.17) is 0 Å². The smallest absolute Gasteiger partial charge is 0.339 e. The van der Waals surface area contributed by atoms with Crippen molar-refractivity contribution in [1.29, 1.82) is 0 Å². The minimum atomic E-state index is -4.85. The topological polar surface area (TPSA) is 40.6 Å². The Morgan fingerprint density at radius 1 is 1.00 bits per heavy atom. The van der Waals surface area contributed by atoms with Gasteiger partial charge in [-0.1, -0.05) is 28.1 Å². The quantitative estimate of drug-likeness (QED) is 0.793. The molecule has 0 aromatic heterocycles. The molecule has 23 heavy (non-hydrogen) atoms. The third-order valence-corrected chi connectivity index (χ3v) is 4.23. The molecular formula is C15H16BrF3N2O2. The van der Waals surface area contributed by atoms with Crippen LogP contribution in [0.15, 0.2) is 28.7 Å². The Balaban J connectivity index is 1.79. The van der Waals surface area contributed by atoms with Crippen molar-refractivity contribution in [2.45, 2.75) is 19.0 Å². The summed E-state index contributed by atoms with van der Waals surface area (Å²) in [5, 5.41) is 0. The molecule has 0 N–H and O–H groups in total. The summed E-state index contributed by atoms with van der Waals surface area (Å²) in [6, 6.07) is 7.61. The Labute approximate surface area is 140 Å². The van der Waals surface area contributed by atoms with E-state index in [9.17, 15) is 22.8 Å². The van der Waals surface area contributed by atoms with Crippen LogP contribution in [0, 0.1) is 0 Å². The number of carbonyl (C=O) groups excluding carboxylic acids is 2. The molecule has 126 valence electrons. The van der Waals surface area contributed by atoms with E-state index in [-0.39, 0.29) is 32.1 Å². The molecule has 8 heteroatoms. The lowest BCUT2D eigenvalue weighted by atomic mass is 10.1. The van der Waals surface area contributed by atoms with E-state index in [0.29, 0.717) is 12.8 Å². The third kappa shape index (κ3) is 4.95. The lowest BCUT2D eigenvalue weighted by Crippen LogP contribution is -2.53. The highest BCUT2D eigenvalue weighted by atomic mass is 79.9. The van der Waals surface area contributed by atoms with Gasteiger partial charge in [0.05, 0.1) is 0 Å². The number of hydrogen-bond acceptors (Lipinski definition) is 2. The van der Waals surface area contributed by atoms with E-state index >= 15 is 0 Å². The Kier molecular flexibility index (Phi) is 5.67. The van der Waals surface area contributed by atoms with Gasteiger partial charge in [-0.05, 0) is 24.1 Å². The van der Waals surface area contributed by atoms with Crippen molar-refractivity contribution < 1.29 is 22.8 Å². The van der Waals surface area contributed by atoms with Crippen molar-refractivity contribution in [3.05, 3.63) is 34.3 Å². The second-order valence-corrected chi connectivity index (χ2v) is 6.21. The number of rotatable bonds is 3. The standard InChI is InChI=1S/C15H16BrF3N2O2/c16-12-4-1-11(2-5-12)3-6-13(22)20-7-9-21(10-8-20)14(23)15(17,18)19/h1-2,4-5H,3,6-10H2. The molecule has 0 saturated carbocycles. The van der Waals surface area contributed by atoms with Gasteiger partial charge in [0.25, 0.3) is 0 Å². The first-order valence-corrected chi connectivity index (χ1v) is 7.95. The highest BCUT2D eigenvalue weighted by Crippen LogP contribution is 2.20. The fourth-order valence-electron chi connectivity index (χ4n) is 2.40. The minimum absolute atomic E-state index is 0.0810. The molecule has 1 aliphatic rings. The van der Waals surface area contributed by atoms with Crippen molar-refractivity contribution in [3.63, 3.8) is 0 Å². The van der Waals surface area contributed by atoms with Crippen LogP contribution in [-0.2, 0) is 16.0 Å². The summed E-state index contributed by atoms with van der Waals surface area (Å²) in [4.78, 5) is 25.5. The fraction of sp³-hybridized carbons (Fsp3) is 0.467. The van der Waals surface area contributed by atoms with Gasteiger partial charge in [0.15, 0.2) is 0 Å². The second kappa shape index (κ2) is 7.33. The molecule has 0 bridgehead atoms. The molecule has 0 unspecified atom stereocenters. The van der Waals surface area contributed by atoms with Crippen molar-refractivity contribution >= 4 is 27.7 Å². The van der Waals surface area contributed by atoms with Crippen LogP contribution in [0.4, 0.5) is 13.2 Å². The zero-order valence-electron chi connectivity index (χ0n) is 12.3. The fourth-order valence-corrected chi connectivity index (χ4v) is 2.66. The van der Waals surface area contributed by atoms with Gasteiger partial charge >= 0.3 is 12.1 Å². The maximum absolute atomic E-state index is 12.4. The first kappa shape index (κ1) is 17.8. The molecule has 1 aromatic carbocycles. The zero-order valence-corrected chi connectivity index (χ0v) is 13.9. The molecule has 0 spiro atoms. The van der Waals surface area contributed by atoms with Gasteiger partial charge < -0.3 is 9.80 Å². The van der Waals surface area contributed by atoms with E-state index < -0.39 is 12.1 Å². The molecule has 0 aliphatic carbocycles. The Bertz CT molecular complexity index is 567. The van der Waals surface area contributed by atoms with Crippen LogP contribution >= 0.6 is 15.9 Å². The first-order valence-electron chi connectivity index (χ1n) is 7.15. The van der Waals surface area contributed by atoms with Gasteiger partial charge in [-0.15, -0.1) is 0 Å². The number of halogens is 4. The van der Waals surface area contributed by atoms with Gasteiger partial charge in [-0.3, -0.25) is 9.59 Å². The molecular weight excluding hydrogens is 377 g/mol. The summed E-state index contributed by atoms with van der Waals surface area (Å²) in [6.07, 6.45) is -3.98. The van der Waals surface area contributed by atoms with E-state index in [1.807, 2.05) is 24.3 Å². The number of piperazine rings is 1. The van der Waals surface area contributed by atoms with Gasteiger partial charge in [-0.25, -0.2) is 0 Å². The molecule has 1 fully saturated rings. The SMILES string of the molecule is O=C(CCc1ccc(Br)cc1)N1CCN(C(=O)C(F)(F)F)CC1. The average molecular weight is 393 g/mol. The van der Waals surface area contributed by atoms with E-state index in [2.05, 4.69) is 15.9 Å². The van der Waals surface area contributed by atoms with Crippen LogP contribution in [0.5, 0.6) is 0 Å². The maximum atomic E-state index is 12.4. The molecule has 2 rings (SSSR count). The van der Waals surface area contributed by atoms with Crippen LogP contribution in [0.25, 0.3) is 0 Å². The summed E-state index contributed by atoms with van der Waals surface area (Å²) >= 11 is 3.33. The monoisotopic (exact) mass is 392 g/mol. The molecule has 1 saturated heterocycles. The number of amides is 2. The molecule has 1 aromatic rings. The molecule has 1 aliphatic heterocycles. The van der Waals surface area contributed by atoms with Crippen LogP contribution in [0.3, 0.4) is 0 Å². The molecule has 1 heterocycles. The minimum Gasteiger partial charge on any atom is -0.339 e. The molecule has 0 atom stereocenters. The average Bonchev–Trinajstić information content (AvgIpc) is 2.52. The van der Waals surface area contributed by atoms with Gasteiger partial charge in [0.2, 0.25) is 5.91 Å². The van der Waals surface area contributed by atoms with Crippen LogP contribution in [0.1, 0.15) is 12.0 Å². The highest BCUT2D eigenvalue weighted by Gasteiger charge is 2.43. The predicted molar refractivity (Wildman–Crippen MR) is 81.7 cm³/mol. The van der Waals surface area contributed by atoms with Crippen molar-refractivity contribution in [2.75, 3.05) is 26.2 Å². The Morgan fingerprint density at radius 2 is 1.52 bits per heavy atom. The van der Waals surface area contributed by atoms with Crippen molar-refractivity contribution in [2.24, 2.45) is 0 Å². The highest BCUT2D eigenvalue weighted by molar-refractivity contribution is 9.10. The second-order valence-electron chi connectivity index (χ2n) is 5.30. The zero-order chi connectivity index (χ0) is 17.0. The van der Waals surface area contributed by atoms with E-state index in [1.54, 1.807) is 0 Å². The number of benzene rings is 1. The lowest BCUT2D eigenvalue weighted by Gasteiger charge is -2.35. The van der Waals surface area contributed by atoms with Gasteiger partial charge in [-0.2, -0.15) is 13.2 Å². The van der Waals surface area contributed by atoms with Crippen LogP contribution in [-0.4, -0.2) is 54.0 Å². The van der Waals surface area contributed by atoms with E-state index in [1.165, 1.54) is 4.90 Å². The first-order chi connectivity index (χ1) is 10.8. The lowest BCUT2D eigenvalue weighted by molar-refractivity contribution is -0.187. The number of aryl methyl sites for hydroxylation is 1. The molecule has 0 radical (unpaired) electrons. The van der Waals surface area contributed by atoms with Crippen LogP contribution < -0.4 is 0 Å². The van der Waals surface area contributed by atoms with Crippen LogP contribution in [0.2, 0.25) is 0 Å². The summed E-state index contributed by atoms with van der Waals surface area (Å²) in [6.45, 7) is 0.118. The maximum Gasteiger partial charge on any atom is 0.471 e. The normalized spacial score (nSPS) is 15.7. The van der Waals surface area contributed by atoms with Gasteiger partial charge in [0.1, 0.15) is 0 Å². The molecule has 4 nitrogen and oxygen atoms in total. The summed E-state index contributed by atoms with van der Waals surface area (Å²) in [5.74, 6) is -1.94. The number of carbonyl (C=O) groups is 2. The molecule has 2 amide bonds. The third-order valence-electron chi connectivity index (χ3n) is 3.70. The number of nitrogens with zero attached hydrogens (tertiary/aromatic N) is 2. The van der Waals surface area contributed by atoms with Crippen molar-refractivity contribution in [1.82, 2.24) is 9.80 Å². The largest absolute Gasteiger partial charge is 0.471 e. The van der Waals surface area contributed by atoms with Gasteiger partial charge in [0, 0.05) is 37.1 Å². The summed E-state index contributed by atoms with van der Waals surface area (Å²) in [7, 11) is 0. The van der Waals surface area contributed by atoms with E-state index in [0.717, 1.165) is 14.9 Å². The summed E-state index contributed by atoms with van der Waals surface area (Å²) < 4.78 is 38.0. The predicted octanol–water partition coefficient (Wildman–Crippen LogP) is 2.61. The van der Waals surface area contributed by atoms with Crippen molar-refractivity contribution in [3.8, 4) is 0 Å². The summed E-state index contributed by atoms with van der Waals surface area (Å²) in [5.41, 5.74) is 1.02. The number of hydrogen-bond donors (Lipinski definition) is 0.